The first-order chi connectivity index (χ1) is 11.5. The molecule has 0 saturated carbocycles. The second-order valence-electron chi connectivity index (χ2n) is 4.76. The number of hydrogen-bond donors (Lipinski definition) is 8. The van der Waals surface area contributed by atoms with E-state index in [2.05, 4.69) is 4.52 Å². The molecule has 1 aromatic rings. The summed E-state index contributed by atoms with van der Waals surface area (Å²) < 4.78 is 14.1. The second-order valence-corrected chi connectivity index (χ2v) is 6.00. The lowest BCUT2D eigenvalue weighted by Crippen LogP contribution is -2.48. The second kappa shape index (κ2) is 11.3. The predicted molar refractivity (Wildman–Crippen MR) is 82.0 cm³/mol. The van der Waals surface area contributed by atoms with Crippen LogP contribution in [-0.4, -0.2) is 77.4 Å². The summed E-state index contributed by atoms with van der Waals surface area (Å²) in [4.78, 5) is 26.8. The van der Waals surface area contributed by atoms with E-state index in [-0.39, 0.29) is 6.61 Å². The van der Waals surface area contributed by atoms with Crippen molar-refractivity contribution in [3.8, 4) is 0 Å². The van der Waals surface area contributed by atoms with Crippen molar-refractivity contribution in [2.24, 2.45) is 0 Å². The van der Waals surface area contributed by atoms with E-state index < -0.39 is 44.8 Å². The standard InChI is InChI=1S/C7H8O.C6H13O10P/c8-6-7-4-2-1-3-5-7;7-2(1-16-17(13,14)15)3(8)4(9)5(10)6(11)12/h1-5,8H,6H2;2-5,7-10H,1H2,(H,11,12)(H2,13,14,15). The predicted octanol–water partition coefficient (Wildman–Crippen LogP) is -2.20. The molecule has 0 aliphatic carbocycles. The fourth-order valence-electron chi connectivity index (χ4n) is 1.42. The van der Waals surface area contributed by atoms with Gasteiger partial charge in [0.2, 0.25) is 0 Å². The molecule has 0 aromatic heterocycles. The van der Waals surface area contributed by atoms with E-state index in [1.54, 1.807) is 0 Å². The van der Waals surface area contributed by atoms with Crippen LogP contribution >= 0.6 is 7.82 Å². The van der Waals surface area contributed by atoms with Crippen molar-refractivity contribution in [3.63, 3.8) is 0 Å². The summed E-state index contributed by atoms with van der Waals surface area (Å²) >= 11 is 0. The van der Waals surface area contributed by atoms with Crippen LogP contribution in [0.3, 0.4) is 0 Å². The highest BCUT2D eigenvalue weighted by Gasteiger charge is 2.35. The molecular formula is C13H21O11P. The first kappa shape index (κ1) is 23.6. The van der Waals surface area contributed by atoms with Crippen molar-refractivity contribution in [2.75, 3.05) is 6.61 Å². The Morgan fingerprint density at radius 2 is 1.56 bits per heavy atom. The van der Waals surface area contributed by atoms with Crippen LogP contribution in [0.15, 0.2) is 30.3 Å². The van der Waals surface area contributed by atoms with Gasteiger partial charge in [-0.05, 0) is 5.56 Å². The summed E-state index contributed by atoms with van der Waals surface area (Å²) in [7, 11) is -4.86. The fraction of sp³-hybridized carbons (Fsp3) is 0.462. The molecule has 0 saturated heterocycles. The molecule has 0 heterocycles. The van der Waals surface area contributed by atoms with E-state index in [0.29, 0.717) is 0 Å². The summed E-state index contributed by atoms with van der Waals surface area (Å²) in [6.45, 7) is -0.907. The zero-order chi connectivity index (χ0) is 19.6. The number of carboxylic acids is 1. The minimum absolute atomic E-state index is 0.140. The number of aliphatic hydroxyl groups is 5. The van der Waals surface area contributed by atoms with E-state index in [9.17, 15) is 9.36 Å². The van der Waals surface area contributed by atoms with E-state index in [1.165, 1.54) is 0 Å². The molecular weight excluding hydrogens is 363 g/mol. The largest absolute Gasteiger partial charge is 0.479 e. The van der Waals surface area contributed by atoms with Crippen molar-refractivity contribution in [3.05, 3.63) is 35.9 Å². The lowest BCUT2D eigenvalue weighted by molar-refractivity contribution is -0.164. The van der Waals surface area contributed by atoms with Gasteiger partial charge in [-0.15, -0.1) is 0 Å². The first-order valence-electron chi connectivity index (χ1n) is 6.79. The number of benzene rings is 1. The minimum atomic E-state index is -4.86. The van der Waals surface area contributed by atoms with Crippen LogP contribution < -0.4 is 0 Å². The summed E-state index contributed by atoms with van der Waals surface area (Å²) in [5.74, 6) is -1.83. The van der Waals surface area contributed by atoms with Crippen LogP contribution in [0.25, 0.3) is 0 Å². The Kier molecular flexibility index (Phi) is 10.6. The van der Waals surface area contributed by atoms with E-state index in [1.807, 2.05) is 30.3 Å². The van der Waals surface area contributed by atoms with Gasteiger partial charge in [0.1, 0.15) is 18.3 Å². The Morgan fingerprint density at radius 1 is 1.04 bits per heavy atom. The highest BCUT2D eigenvalue weighted by Crippen LogP contribution is 2.35. The van der Waals surface area contributed by atoms with Gasteiger partial charge in [0, 0.05) is 0 Å². The molecule has 144 valence electrons. The third-order valence-corrected chi connectivity index (χ3v) is 3.24. The number of phosphoric acid groups is 1. The molecule has 1 rings (SSSR count). The molecule has 4 unspecified atom stereocenters. The molecule has 11 nitrogen and oxygen atoms in total. The first-order valence-corrected chi connectivity index (χ1v) is 8.32. The maximum absolute atomic E-state index is 10.2. The molecule has 0 radical (unpaired) electrons. The average molecular weight is 384 g/mol. The topological polar surface area (TPSA) is 205 Å². The van der Waals surface area contributed by atoms with Gasteiger partial charge in [-0.25, -0.2) is 9.36 Å². The van der Waals surface area contributed by atoms with E-state index in [0.717, 1.165) is 5.56 Å². The van der Waals surface area contributed by atoms with Crippen molar-refractivity contribution >= 4 is 13.8 Å². The Morgan fingerprint density at radius 3 is 1.92 bits per heavy atom. The maximum atomic E-state index is 10.2. The number of hydrogen-bond acceptors (Lipinski definition) is 8. The van der Waals surface area contributed by atoms with Crippen LogP contribution in [0.1, 0.15) is 5.56 Å². The molecule has 0 bridgehead atoms. The van der Waals surface area contributed by atoms with Crippen LogP contribution in [0.4, 0.5) is 0 Å². The van der Waals surface area contributed by atoms with Crippen LogP contribution in [0.5, 0.6) is 0 Å². The molecule has 0 aliphatic rings. The Hall–Kier alpha value is -1.40. The van der Waals surface area contributed by atoms with Gasteiger partial charge in [-0.2, -0.15) is 0 Å². The Bertz CT molecular complexity index is 546. The lowest BCUT2D eigenvalue weighted by Gasteiger charge is -2.24. The van der Waals surface area contributed by atoms with Crippen molar-refractivity contribution in [1.82, 2.24) is 0 Å². The number of carboxylic acid groups (broad SMARTS) is 1. The molecule has 0 amide bonds. The van der Waals surface area contributed by atoms with E-state index >= 15 is 0 Å². The van der Waals surface area contributed by atoms with Crippen LogP contribution in [0, 0.1) is 0 Å². The molecule has 25 heavy (non-hydrogen) atoms. The summed E-state index contributed by atoms with van der Waals surface area (Å²) in [6.07, 6.45) is -8.71. The van der Waals surface area contributed by atoms with Gasteiger partial charge >= 0.3 is 13.8 Å². The lowest BCUT2D eigenvalue weighted by atomic mass is 10.0. The highest BCUT2D eigenvalue weighted by molar-refractivity contribution is 7.46. The Labute approximate surface area is 142 Å². The number of phosphoric ester groups is 1. The zero-order valence-corrected chi connectivity index (χ0v) is 13.8. The van der Waals surface area contributed by atoms with Gasteiger partial charge in [0.15, 0.2) is 6.10 Å². The minimum Gasteiger partial charge on any atom is -0.479 e. The zero-order valence-electron chi connectivity index (χ0n) is 12.9. The maximum Gasteiger partial charge on any atom is 0.469 e. The third-order valence-electron chi connectivity index (χ3n) is 2.76. The number of rotatable bonds is 8. The molecule has 8 N–H and O–H groups in total. The molecule has 12 heteroatoms. The van der Waals surface area contributed by atoms with E-state index in [4.69, 9.17) is 40.4 Å². The molecule has 4 atom stereocenters. The van der Waals surface area contributed by atoms with Crippen LogP contribution in [0.2, 0.25) is 0 Å². The highest BCUT2D eigenvalue weighted by atomic mass is 31.2. The normalized spacial score (nSPS) is 16.1. The van der Waals surface area contributed by atoms with Crippen molar-refractivity contribution in [2.45, 2.75) is 31.0 Å². The van der Waals surface area contributed by atoms with Gasteiger partial charge in [0.25, 0.3) is 0 Å². The molecule has 0 fully saturated rings. The number of aliphatic hydroxyl groups excluding tert-OH is 5. The fourth-order valence-corrected chi connectivity index (χ4v) is 1.76. The average Bonchev–Trinajstić information content (AvgIpc) is 2.58. The summed E-state index contributed by atoms with van der Waals surface area (Å²) in [6, 6.07) is 9.52. The molecule has 0 spiro atoms. The van der Waals surface area contributed by atoms with Gasteiger partial charge in [0.05, 0.1) is 13.2 Å². The van der Waals surface area contributed by atoms with Gasteiger partial charge in [-0.1, -0.05) is 30.3 Å². The molecule has 0 aliphatic heterocycles. The third kappa shape index (κ3) is 10.2. The van der Waals surface area contributed by atoms with Gasteiger partial charge in [-0.3, -0.25) is 4.52 Å². The number of aliphatic carboxylic acids is 1. The number of carbonyl (C=O) groups is 1. The Balaban J connectivity index is 0.000000593. The summed E-state index contributed by atoms with van der Waals surface area (Å²) in [5.41, 5.74) is 0.965. The van der Waals surface area contributed by atoms with Crippen LogP contribution in [-0.2, 0) is 20.5 Å². The molecule has 1 aromatic carbocycles. The van der Waals surface area contributed by atoms with Crippen molar-refractivity contribution < 1.29 is 54.3 Å². The smallest absolute Gasteiger partial charge is 0.469 e. The van der Waals surface area contributed by atoms with Crippen molar-refractivity contribution in [1.29, 1.82) is 0 Å². The monoisotopic (exact) mass is 384 g/mol. The summed E-state index contributed by atoms with van der Waals surface area (Å²) in [5, 5.41) is 53.0. The SMILES string of the molecule is O=C(O)C(O)C(O)C(O)C(O)COP(=O)(O)O.OCc1ccccc1. The quantitative estimate of drug-likeness (QED) is 0.226. The van der Waals surface area contributed by atoms with Gasteiger partial charge < -0.3 is 40.4 Å².